The molecule has 2 heterocycles. The lowest BCUT2D eigenvalue weighted by Crippen LogP contribution is -2.28. The number of alkyl carbamates (subject to hydrolysis) is 1. The Hall–Kier alpha value is -2.01. The van der Waals surface area contributed by atoms with Gasteiger partial charge in [0.1, 0.15) is 6.61 Å². The number of fused-ring (bicyclic) bond motifs is 1. The molecule has 1 amide bonds. The monoisotopic (exact) mass is 302 g/mol. The summed E-state index contributed by atoms with van der Waals surface area (Å²) in [5, 5.41) is -0.266. The summed E-state index contributed by atoms with van der Waals surface area (Å²) < 4.78 is 124. The summed E-state index contributed by atoms with van der Waals surface area (Å²) in [4.78, 5) is 11.7. The molecule has 5 heteroatoms. The van der Waals surface area contributed by atoms with Crippen LogP contribution in [0.1, 0.15) is 28.9 Å². The van der Waals surface area contributed by atoms with Crippen molar-refractivity contribution in [3.8, 4) is 0 Å². The number of likely N-dealkylation sites (N-methyl/N-ethyl adjacent to an activating group) is 1. The number of carbonyl (C=O) groups is 1. The van der Waals surface area contributed by atoms with E-state index < -0.39 is 62.4 Å². The standard InChI is InChI=1S/C16H21N3O2/c1-19(2)6-5-12-9-17-15-4-3-11(8-14(12)15)7-13-10-21-16(20)18-13/h3-4,8-9,13,17H,5-7,10H2,1-2H3,(H,18,20)/t13-/m0/s1/i1D3,2D3,5D2,6D2,7D2,13D/hD2. The number of H-pyrrole nitrogens is 1. The van der Waals surface area contributed by atoms with Crippen LogP contribution in [0.5, 0.6) is 0 Å². The Morgan fingerprint density at radius 2 is 2.52 bits per heavy atom. The van der Waals surface area contributed by atoms with Gasteiger partial charge in [0.2, 0.25) is 0 Å². The van der Waals surface area contributed by atoms with Crippen molar-refractivity contribution in [1.29, 1.82) is 0 Å². The second kappa shape index (κ2) is 5.77. The van der Waals surface area contributed by atoms with Crippen LogP contribution in [0.3, 0.4) is 0 Å². The zero-order valence-corrected chi connectivity index (χ0v) is 10.7. The molecule has 1 aliphatic heterocycles. The van der Waals surface area contributed by atoms with Gasteiger partial charge in [0.15, 0.2) is 2.82 Å². The van der Waals surface area contributed by atoms with E-state index in [-0.39, 0.29) is 21.8 Å². The number of aromatic nitrogens is 1. The number of aromatic amines is 1. The van der Waals surface area contributed by atoms with Crippen LogP contribution in [0, 0.1) is 0 Å². The number of hydrogen-bond donors (Lipinski definition) is 2. The Labute approximate surface area is 145 Å². The summed E-state index contributed by atoms with van der Waals surface area (Å²) in [6.07, 6.45) is -6.62. The van der Waals surface area contributed by atoms with E-state index in [1.54, 1.807) is 0 Å². The predicted octanol–water partition coefficient (Wildman–Crippen LogP) is 1.92. The Morgan fingerprint density at radius 1 is 1.62 bits per heavy atom. The predicted molar refractivity (Wildman–Crippen MR) is 82.5 cm³/mol. The normalized spacial score (nSPS) is 36.0. The fraction of sp³-hybridized carbons (Fsp3) is 0.438. The summed E-state index contributed by atoms with van der Waals surface area (Å²) >= 11 is 0. The van der Waals surface area contributed by atoms with Crippen LogP contribution in [0.15, 0.2) is 24.4 Å². The van der Waals surface area contributed by atoms with Crippen molar-refractivity contribution in [2.24, 2.45) is 0 Å². The summed E-state index contributed by atoms with van der Waals surface area (Å²) in [6, 6.07) is 0.719. The molecule has 2 aromatic rings. The van der Waals surface area contributed by atoms with Gasteiger partial charge in [0, 0.05) is 40.0 Å². The van der Waals surface area contributed by atoms with Gasteiger partial charge in [-0.25, -0.2) is 4.79 Å². The Morgan fingerprint density at radius 3 is 3.29 bits per heavy atom. The highest BCUT2D eigenvalue weighted by atomic mass is 16.6. The van der Waals surface area contributed by atoms with Crippen molar-refractivity contribution >= 4 is 17.0 Å². The molecule has 1 fully saturated rings. The molecule has 1 saturated heterocycles. The number of carbonyl (C=O) groups excluding carboxylic acids is 1. The average molecular weight is 302 g/mol. The summed E-state index contributed by atoms with van der Waals surface area (Å²) in [7, 11) is 0. The van der Waals surface area contributed by atoms with Gasteiger partial charge >= 0.3 is 6.09 Å². The molecule has 0 radical (unpaired) electrons. The molecule has 0 unspecified atom stereocenters. The smallest absolute Gasteiger partial charge is 0.407 e. The lowest BCUT2D eigenvalue weighted by Gasteiger charge is -2.09. The fourth-order valence-corrected chi connectivity index (χ4v) is 1.90. The quantitative estimate of drug-likeness (QED) is 0.887. The Balaban J connectivity index is 2.23. The average Bonchev–Trinajstić information content (AvgIpc) is 3.17. The minimum atomic E-state index is -3.69. The van der Waals surface area contributed by atoms with Crippen LogP contribution in [-0.2, 0) is 17.5 Å². The summed E-state index contributed by atoms with van der Waals surface area (Å²) in [5.41, 5.74) is -1.08. The van der Waals surface area contributed by atoms with Crippen molar-refractivity contribution in [2.45, 2.75) is 18.8 Å². The van der Waals surface area contributed by atoms with Gasteiger partial charge in [0.25, 0.3) is 0 Å². The number of ether oxygens (including phenoxy) is 1. The second-order valence-electron chi connectivity index (χ2n) is 4.21. The highest BCUT2D eigenvalue weighted by Crippen LogP contribution is 2.21. The van der Waals surface area contributed by atoms with Crippen molar-refractivity contribution < 1.29 is 30.2 Å². The first-order valence-electron chi connectivity index (χ1n) is 13.3. The third-order valence-electron chi connectivity index (χ3n) is 2.77. The van der Waals surface area contributed by atoms with E-state index in [0.29, 0.717) is 4.98 Å². The van der Waals surface area contributed by atoms with Gasteiger partial charge in [-0.2, -0.15) is 0 Å². The first-order valence-corrected chi connectivity index (χ1v) is 5.93. The zero-order chi connectivity index (χ0) is 27.9. The highest BCUT2D eigenvalue weighted by Gasteiger charge is 2.22. The summed E-state index contributed by atoms with van der Waals surface area (Å²) in [5.74, 6) is 0. The molecule has 1 aromatic carbocycles. The van der Waals surface area contributed by atoms with E-state index in [1.807, 2.05) is 0 Å². The van der Waals surface area contributed by atoms with Crippen molar-refractivity contribution in [3.05, 3.63) is 35.5 Å². The van der Waals surface area contributed by atoms with Crippen LogP contribution >= 0.6 is 0 Å². The first kappa shape index (κ1) is 4.74. The van der Waals surface area contributed by atoms with E-state index in [9.17, 15) is 4.79 Å². The maximum Gasteiger partial charge on any atom is 0.407 e. The third-order valence-corrected chi connectivity index (χ3v) is 2.77. The lowest BCUT2D eigenvalue weighted by molar-refractivity contribution is 0.177. The second-order valence-corrected chi connectivity index (χ2v) is 4.21. The number of aryl methyl sites for hydroxylation is 1. The zero-order valence-electron chi connectivity index (χ0n) is 25.7. The molecule has 0 saturated carbocycles. The molecule has 21 heavy (non-hydrogen) atoms. The molecule has 5 nitrogen and oxygen atoms in total. The van der Waals surface area contributed by atoms with Gasteiger partial charge in [-0.3, -0.25) is 0 Å². The number of cyclic esters (lactones) is 1. The number of amides is 1. The van der Waals surface area contributed by atoms with Crippen LogP contribution in [0.4, 0.5) is 4.79 Å². The van der Waals surface area contributed by atoms with E-state index in [4.69, 9.17) is 20.6 Å². The third kappa shape index (κ3) is 3.19. The molecule has 0 bridgehead atoms. The van der Waals surface area contributed by atoms with Gasteiger partial charge in [0.05, 0.1) is 7.39 Å². The molecule has 1 aliphatic rings. The van der Waals surface area contributed by atoms with E-state index >= 15 is 0 Å². The molecular formula is C16H21N3O2. The van der Waals surface area contributed by atoms with E-state index in [2.05, 4.69) is 4.74 Å². The van der Waals surface area contributed by atoms with Gasteiger partial charge in [-0.1, -0.05) is 6.07 Å². The van der Waals surface area contributed by atoms with E-state index in [0.717, 1.165) is 24.4 Å². The molecule has 1 aromatic heterocycles. The van der Waals surface area contributed by atoms with Gasteiger partial charge in [-0.15, -0.1) is 0 Å². The van der Waals surface area contributed by atoms with Crippen LogP contribution in [0.25, 0.3) is 10.9 Å². The number of hydrogen-bond acceptors (Lipinski definition) is 3. The number of rotatable bonds is 5. The largest absolute Gasteiger partial charge is 0.447 e. The van der Waals surface area contributed by atoms with Crippen molar-refractivity contribution in [2.75, 3.05) is 27.1 Å². The van der Waals surface area contributed by atoms with Crippen molar-refractivity contribution in [3.63, 3.8) is 0 Å². The van der Waals surface area contributed by atoms with Gasteiger partial charge in [-0.05, 0) is 50.0 Å². The van der Waals surface area contributed by atoms with Crippen LogP contribution in [-0.4, -0.2) is 49.0 Å². The Bertz CT molecular complexity index is 1170. The van der Waals surface area contributed by atoms with Crippen LogP contribution in [0.2, 0.25) is 2.82 Å². The molecule has 0 aliphatic carbocycles. The molecule has 3 rings (SSSR count). The van der Waals surface area contributed by atoms with Crippen molar-refractivity contribution in [1.82, 2.24) is 15.2 Å². The van der Waals surface area contributed by atoms with Crippen LogP contribution < -0.4 is 5.31 Å². The SMILES string of the molecule is [2H]N1C(=O)OC[C@]1([2H])C([2H])([2H])c1ccc2c(c1)c(C([2H])([2H])C([2H])([2H])N(C([2H])([2H])[2H])C([2H])([2H])[2H])cn2[2H]. The molecule has 0 spiro atoms. The highest BCUT2D eigenvalue weighted by molar-refractivity contribution is 5.84. The van der Waals surface area contributed by atoms with Gasteiger partial charge < -0.3 is 19.9 Å². The maximum atomic E-state index is 11.6. The minimum absolute atomic E-state index is 0.0101. The molecule has 112 valence electrons. The summed E-state index contributed by atoms with van der Waals surface area (Å²) in [6.45, 7) is -11.7. The minimum Gasteiger partial charge on any atom is -0.447 e. The topological polar surface area (TPSA) is 57.4 Å². The molecular weight excluding hydrogens is 266 g/mol. The Kier molecular flexibility index (Phi) is 1.30. The molecule has 1 atom stereocenters. The maximum absolute atomic E-state index is 11.6. The number of benzene rings is 1. The number of nitrogens with one attached hydrogen (secondary N) is 2. The van der Waals surface area contributed by atoms with E-state index in [1.165, 1.54) is 0 Å². The first-order chi connectivity index (χ1) is 16.0. The lowest BCUT2D eigenvalue weighted by atomic mass is 10.0. The number of nitrogens with zero attached hydrogens (tertiary/aromatic N) is 1. The molecule has 2 N–H and O–H groups in total. The fourth-order valence-electron chi connectivity index (χ4n) is 1.90.